The zero-order valence-electron chi connectivity index (χ0n) is 15.8. The third-order valence-electron chi connectivity index (χ3n) is 4.24. The van der Waals surface area contributed by atoms with E-state index in [0.717, 1.165) is 30.4 Å². The lowest BCUT2D eigenvalue weighted by atomic mass is 10.0. The van der Waals surface area contributed by atoms with Crippen molar-refractivity contribution in [3.8, 4) is 16.9 Å². The second-order valence-electron chi connectivity index (χ2n) is 6.40. The van der Waals surface area contributed by atoms with E-state index in [1.165, 1.54) is 6.42 Å². The SMILES string of the molecule is CCCCCCOC(C)C(=O)Oc1ccc(-c2ccc(C(=O)O)cc2)cc1. The zero-order valence-corrected chi connectivity index (χ0v) is 15.8. The van der Waals surface area contributed by atoms with Crippen molar-refractivity contribution in [3.05, 3.63) is 54.1 Å². The van der Waals surface area contributed by atoms with Crippen molar-refractivity contribution in [2.24, 2.45) is 0 Å². The Morgan fingerprint density at radius 3 is 2.07 bits per heavy atom. The van der Waals surface area contributed by atoms with Crippen LogP contribution in [0.3, 0.4) is 0 Å². The summed E-state index contributed by atoms with van der Waals surface area (Å²) in [5.74, 6) is -0.915. The molecule has 0 bridgehead atoms. The Morgan fingerprint density at radius 2 is 1.52 bits per heavy atom. The molecule has 0 fully saturated rings. The summed E-state index contributed by atoms with van der Waals surface area (Å²) < 4.78 is 10.9. The molecular weight excluding hydrogens is 344 g/mol. The number of ether oxygens (including phenoxy) is 2. The number of carboxylic acids is 1. The third-order valence-corrected chi connectivity index (χ3v) is 4.24. The highest BCUT2D eigenvalue weighted by molar-refractivity contribution is 5.88. The number of benzene rings is 2. The van der Waals surface area contributed by atoms with Gasteiger partial charge in [0.25, 0.3) is 0 Å². The first-order valence-corrected chi connectivity index (χ1v) is 9.28. The van der Waals surface area contributed by atoms with Crippen molar-refractivity contribution in [3.63, 3.8) is 0 Å². The van der Waals surface area contributed by atoms with E-state index < -0.39 is 18.0 Å². The maximum absolute atomic E-state index is 12.1. The smallest absolute Gasteiger partial charge is 0.340 e. The van der Waals surface area contributed by atoms with Crippen LogP contribution in [0.5, 0.6) is 5.75 Å². The van der Waals surface area contributed by atoms with E-state index in [-0.39, 0.29) is 5.56 Å². The van der Waals surface area contributed by atoms with Crippen LogP contribution in [0.4, 0.5) is 0 Å². The molecule has 1 N–H and O–H groups in total. The molecule has 1 unspecified atom stereocenters. The van der Waals surface area contributed by atoms with E-state index in [0.29, 0.717) is 12.4 Å². The van der Waals surface area contributed by atoms with Crippen LogP contribution in [0.2, 0.25) is 0 Å². The summed E-state index contributed by atoms with van der Waals surface area (Å²) >= 11 is 0. The van der Waals surface area contributed by atoms with E-state index >= 15 is 0 Å². The van der Waals surface area contributed by atoms with Gasteiger partial charge in [0, 0.05) is 6.61 Å². The lowest BCUT2D eigenvalue weighted by molar-refractivity contribution is -0.146. The van der Waals surface area contributed by atoms with Crippen LogP contribution in [-0.4, -0.2) is 29.8 Å². The van der Waals surface area contributed by atoms with Crippen molar-refractivity contribution in [1.82, 2.24) is 0 Å². The van der Waals surface area contributed by atoms with Crippen molar-refractivity contribution in [1.29, 1.82) is 0 Å². The van der Waals surface area contributed by atoms with Gasteiger partial charge in [-0.15, -0.1) is 0 Å². The van der Waals surface area contributed by atoms with E-state index in [2.05, 4.69) is 6.92 Å². The van der Waals surface area contributed by atoms with Crippen molar-refractivity contribution >= 4 is 11.9 Å². The topological polar surface area (TPSA) is 72.8 Å². The maximum atomic E-state index is 12.1. The fourth-order valence-corrected chi connectivity index (χ4v) is 2.58. The standard InChI is InChI=1S/C22H26O5/c1-3-4-5-6-15-26-16(2)22(25)27-20-13-11-18(12-14-20)17-7-9-19(10-8-17)21(23)24/h7-14,16H,3-6,15H2,1-2H3,(H,23,24). The van der Waals surface area contributed by atoms with Gasteiger partial charge in [-0.2, -0.15) is 0 Å². The number of unbranched alkanes of at least 4 members (excludes halogenated alkanes) is 3. The number of hydrogen-bond acceptors (Lipinski definition) is 4. The number of hydrogen-bond donors (Lipinski definition) is 1. The predicted octanol–water partition coefficient (Wildman–Crippen LogP) is 4.94. The van der Waals surface area contributed by atoms with Gasteiger partial charge in [0.1, 0.15) is 5.75 Å². The van der Waals surface area contributed by atoms with Gasteiger partial charge >= 0.3 is 11.9 Å². The van der Waals surface area contributed by atoms with E-state index in [9.17, 15) is 9.59 Å². The molecule has 0 aliphatic carbocycles. The van der Waals surface area contributed by atoms with E-state index in [1.54, 1.807) is 43.3 Å². The quantitative estimate of drug-likeness (QED) is 0.364. The molecule has 0 aliphatic rings. The number of aromatic carboxylic acids is 1. The Hall–Kier alpha value is -2.66. The van der Waals surface area contributed by atoms with Gasteiger partial charge < -0.3 is 14.6 Å². The molecule has 0 amide bonds. The first kappa shape index (κ1) is 20.6. The molecule has 2 aromatic carbocycles. The Bertz CT molecular complexity index is 734. The second-order valence-corrected chi connectivity index (χ2v) is 6.40. The summed E-state index contributed by atoms with van der Waals surface area (Å²) in [5, 5.41) is 8.94. The Morgan fingerprint density at radius 1 is 0.926 bits per heavy atom. The van der Waals surface area contributed by atoms with Crippen molar-refractivity contribution in [2.45, 2.75) is 45.6 Å². The highest BCUT2D eigenvalue weighted by Crippen LogP contribution is 2.23. The van der Waals surface area contributed by atoms with Crippen molar-refractivity contribution in [2.75, 3.05) is 6.61 Å². The monoisotopic (exact) mass is 370 g/mol. The number of carbonyl (C=O) groups is 2. The van der Waals surface area contributed by atoms with Crippen LogP contribution in [0.25, 0.3) is 11.1 Å². The average molecular weight is 370 g/mol. The summed E-state index contributed by atoms with van der Waals surface area (Å²) in [5.41, 5.74) is 2.04. The van der Waals surface area contributed by atoms with E-state index in [4.69, 9.17) is 14.6 Å². The molecule has 27 heavy (non-hydrogen) atoms. The number of esters is 1. The second kappa shape index (κ2) is 10.5. The highest BCUT2D eigenvalue weighted by atomic mass is 16.6. The molecule has 0 aromatic heterocycles. The molecule has 5 heteroatoms. The molecule has 2 rings (SSSR count). The Kier molecular flexibility index (Phi) is 8.01. The van der Waals surface area contributed by atoms with Crippen LogP contribution < -0.4 is 4.74 Å². The van der Waals surface area contributed by atoms with Crippen LogP contribution in [-0.2, 0) is 9.53 Å². The average Bonchev–Trinajstić information content (AvgIpc) is 2.68. The van der Waals surface area contributed by atoms with Gasteiger partial charge in [-0.25, -0.2) is 9.59 Å². The summed E-state index contributed by atoms with van der Waals surface area (Å²) in [6.45, 7) is 4.40. The van der Waals surface area contributed by atoms with Gasteiger partial charge in [-0.1, -0.05) is 50.5 Å². The number of rotatable bonds is 10. The Labute approximate surface area is 159 Å². The van der Waals surface area contributed by atoms with Crippen LogP contribution in [0, 0.1) is 0 Å². The van der Waals surface area contributed by atoms with Crippen LogP contribution >= 0.6 is 0 Å². The molecule has 5 nitrogen and oxygen atoms in total. The van der Waals surface area contributed by atoms with Gasteiger partial charge in [-0.3, -0.25) is 0 Å². The molecule has 0 aliphatic heterocycles. The van der Waals surface area contributed by atoms with E-state index in [1.807, 2.05) is 12.1 Å². The van der Waals surface area contributed by atoms with Gasteiger partial charge in [-0.05, 0) is 48.7 Å². The van der Waals surface area contributed by atoms with Crippen LogP contribution in [0.15, 0.2) is 48.5 Å². The van der Waals surface area contributed by atoms with Crippen LogP contribution in [0.1, 0.15) is 49.9 Å². The molecule has 2 aromatic rings. The minimum absolute atomic E-state index is 0.244. The minimum atomic E-state index is -0.953. The van der Waals surface area contributed by atoms with Gasteiger partial charge in [0.05, 0.1) is 5.56 Å². The maximum Gasteiger partial charge on any atom is 0.340 e. The molecular formula is C22H26O5. The predicted molar refractivity (Wildman–Crippen MR) is 104 cm³/mol. The lowest BCUT2D eigenvalue weighted by Gasteiger charge is -2.12. The summed E-state index contributed by atoms with van der Waals surface area (Å²) in [6.07, 6.45) is 3.79. The molecule has 0 saturated carbocycles. The summed E-state index contributed by atoms with van der Waals surface area (Å²) in [6, 6.07) is 13.7. The number of carbonyl (C=O) groups excluding carboxylic acids is 1. The summed E-state index contributed by atoms with van der Waals surface area (Å²) in [4.78, 5) is 23.0. The lowest BCUT2D eigenvalue weighted by Crippen LogP contribution is -2.26. The normalized spacial score (nSPS) is 11.8. The largest absolute Gasteiger partial charge is 0.478 e. The third kappa shape index (κ3) is 6.53. The van der Waals surface area contributed by atoms with Gasteiger partial charge in [0.2, 0.25) is 0 Å². The highest BCUT2D eigenvalue weighted by Gasteiger charge is 2.15. The van der Waals surface area contributed by atoms with Crippen molar-refractivity contribution < 1.29 is 24.2 Å². The first-order chi connectivity index (χ1) is 13.0. The zero-order chi connectivity index (χ0) is 19.6. The first-order valence-electron chi connectivity index (χ1n) is 9.28. The molecule has 0 spiro atoms. The Balaban J connectivity index is 1.87. The summed E-state index contributed by atoms with van der Waals surface area (Å²) in [7, 11) is 0. The molecule has 0 radical (unpaired) electrons. The molecule has 0 heterocycles. The fourth-order valence-electron chi connectivity index (χ4n) is 2.58. The molecule has 1 atom stereocenters. The van der Waals surface area contributed by atoms with Gasteiger partial charge in [0.15, 0.2) is 6.10 Å². The minimum Gasteiger partial charge on any atom is -0.478 e. The number of carboxylic acid groups (broad SMARTS) is 1. The molecule has 144 valence electrons. The fraction of sp³-hybridized carbons (Fsp3) is 0.364. The molecule has 0 saturated heterocycles.